The lowest BCUT2D eigenvalue weighted by Crippen LogP contribution is -2.15. The van der Waals surface area contributed by atoms with E-state index in [1.165, 1.54) is 17.3 Å². The van der Waals surface area contributed by atoms with Crippen LogP contribution in [-0.4, -0.2) is 26.4 Å². The molecule has 1 heterocycles. The summed E-state index contributed by atoms with van der Waals surface area (Å²) >= 11 is 13.2. The number of allylic oxidation sites excluding steroid dienone is 1. The highest BCUT2D eigenvalue weighted by atomic mass is 35.5. The van der Waals surface area contributed by atoms with E-state index >= 15 is 0 Å². The highest BCUT2D eigenvalue weighted by Gasteiger charge is 2.14. The van der Waals surface area contributed by atoms with Crippen molar-refractivity contribution in [2.45, 2.75) is 38.1 Å². The summed E-state index contributed by atoms with van der Waals surface area (Å²) in [5.74, 6) is 1.85. The second-order valence-electron chi connectivity index (χ2n) is 7.28. The fourth-order valence-electron chi connectivity index (χ4n) is 2.84. The second kappa shape index (κ2) is 11.4. The number of anilines is 1. The second-order valence-corrected chi connectivity index (χ2v) is 9.03. The summed E-state index contributed by atoms with van der Waals surface area (Å²) in [6.45, 7) is 8.87. The average molecular weight is 491 g/mol. The molecule has 0 unspecified atom stereocenters. The Balaban J connectivity index is 1.60. The lowest BCUT2D eigenvalue weighted by Gasteiger charge is -2.10. The lowest BCUT2D eigenvalue weighted by atomic mass is 10.0. The van der Waals surface area contributed by atoms with Crippen LogP contribution in [0.1, 0.15) is 31.2 Å². The highest BCUT2D eigenvalue weighted by molar-refractivity contribution is 7.99. The number of nitrogens with zero attached hydrogens (tertiary/aromatic N) is 3. The number of amides is 1. The van der Waals surface area contributed by atoms with Crippen molar-refractivity contribution in [2.75, 3.05) is 11.1 Å². The molecule has 2 aromatic carbocycles. The molecule has 3 rings (SSSR count). The van der Waals surface area contributed by atoms with Crippen molar-refractivity contribution < 1.29 is 9.53 Å². The first-order chi connectivity index (χ1) is 15.4. The van der Waals surface area contributed by atoms with Crippen LogP contribution in [0.4, 0.5) is 5.69 Å². The Labute approximate surface area is 202 Å². The Hall–Kier alpha value is -2.48. The molecule has 32 heavy (non-hydrogen) atoms. The van der Waals surface area contributed by atoms with Gasteiger partial charge in [-0.15, -0.1) is 16.8 Å². The van der Waals surface area contributed by atoms with Crippen molar-refractivity contribution in [2.24, 2.45) is 0 Å². The minimum Gasteiger partial charge on any atom is -0.486 e. The van der Waals surface area contributed by atoms with E-state index in [1.807, 2.05) is 16.7 Å². The monoisotopic (exact) mass is 490 g/mol. The van der Waals surface area contributed by atoms with Gasteiger partial charge in [-0.05, 0) is 41.8 Å². The quantitative estimate of drug-likeness (QED) is 0.270. The minimum atomic E-state index is -0.190. The third-order valence-corrected chi connectivity index (χ3v) is 6.26. The molecule has 0 saturated carbocycles. The molecular formula is C23H24Cl2N4O2S. The maximum absolute atomic E-state index is 12.3. The first kappa shape index (κ1) is 24.2. The maximum Gasteiger partial charge on any atom is 0.234 e. The molecule has 9 heteroatoms. The predicted octanol–water partition coefficient (Wildman–Crippen LogP) is 6.20. The number of carbonyl (C=O) groups is 1. The van der Waals surface area contributed by atoms with Crippen molar-refractivity contribution in [3.8, 4) is 5.75 Å². The lowest BCUT2D eigenvalue weighted by molar-refractivity contribution is -0.113. The van der Waals surface area contributed by atoms with Gasteiger partial charge >= 0.3 is 0 Å². The number of hydrogen-bond donors (Lipinski definition) is 1. The van der Waals surface area contributed by atoms with E-state index in [-0.39, 0.29) is 18.3 Å². The molecule has 6 nitrogen and oxygen atoms in total. The first-order valence-electron chi connectivity index (χ1n) is 10.0. The zero-order valence-corrected chi connectivity index (χ0v) is 20.2. The number of aromatic nitrogens is 3. The third-order valence-electron chi connectivity index (χ3n) is 4.56. The molecule has 0 aliphatic rings. The predicted molar refractivity (Wildman–Crippen MR) is 131 cm³/mol. The number of halogens is 2. The van der Waals surface area contributed by atoms with Crippen LogP contribution in [0.25, 0.3) is 0 Å². The molecule has 0 spiro atoms. The number of nitrogens with one attached hydrogen (secondary N) is 1. The SMILES string of the molecule is C=CCn1c(COc2ccc(C(C)C)cc2)nnc1SCC(=O)Nc1ccc(Cl)c(Cl)c1. The molecule has 0 atom stereocenters. The number of hydrogen-bond acceptors (Lipinski definition) is 5. The minimum absolute atomic E-state index is 0.160. The van der Waals surface area contributed by atoms with Gasteiger partial charge in [0.2, 0.25) is 5.91 Å². The molecule has 3 aromatic rings. The number of thioether (sulfide) groups is 1. The van der Waals surface area contributed by atoms with Gasteiger partial charge in [-0.25, -0.2) is 0 Å². The summed E-state index contributed by atoms with van der Waals surface area (Å²) in [4.78, 5) is 12.3. The zero-order chi connectivity index (χ0) is 23.1. The van der Waals surface area contributed by atoms with Crippen LogP contribution >= 0.6 is 35.0 Å². The van der Waals surface area contributed by atoms with Crippen molar-refractivity contribution in [1.82, 2.24) is 14.8 Å². The van der Waals surface area contributed by atoms with Gasteiger partial charge in [0.05, 0.1) is 15.8 Å². The van der Waals surface area contributed by atoms with Gasteiger partial charge in [0, 0.05) is 12.2 Å². The largest absolute Gasteiger partial charge is 0.486 e. The molecule has 0 aliphatic carbocycles. The van der Waals surface area contributed by atoms with Crippen LogP contribution in [0.2, 0.25) is 10.0 Å². The Bertz CT molecular complexity index is 1080. The summed E-state index contributed by atoms with van der Waals surface area (Å²) in [7, 11) is 0. The smallest absolute Gasteiger partial charge is 0.234 e. The van der Waals surface area contributed by atoms with E-state index in [0.717, 1.165) is 5.75 Å². The number of ether oxygens (including phenoxy) is 1. The molecule has 0 fully saturated rings. The van der Waals surface area contributed by atoms with Gasteiger partial charge in [-0.1, -0.05) is 67.0 Å². The van der Waals surface area contributed by atoms with Crippen LogP contribution in [0.15, 0.2) is 60.3 Å². The third kappa shape index (κ3) is 6.51. The highest BCUT2D eigenvalue weighted by Crippen LogP contribution is 2.26. The molecule has 1 aromatic heterocycles. The van der Waals surface area contributed by atoms with Gasteiger partial charge in [0.25, 0.3) is 0 Å². The van der Waals surface area contributed by atoms with Crippen molar-refractivity contribution in [3.63, 3.8) is 0 Å². The fourth-order valence-corrected chi connectivity index (χ4v) is 3.91. The van der Waals surface area contributed by atoms with Crippen molar-refractivity contribution >= 4 is 46.6 Å². The van der Waals surface area contributed by atoms with Gasteiger partial charge in [0.15, 0.2) is 11.0 Å². The Morgan fingerprint density at radius 2 is 1.94 bits per heavy atom. The first-order valence-corrected chi connectivity index (χ1v) is 11.7. The molecule has 1 amide bonds. The van der Waals surface area contributed by atoms with Crippen LogP contribution in [0.5, 0.6) is 5.75 Å². The average Bonchev–Trinajstić information content (AvgIpc) is 3.15. The van der Waals surface area contributed by atoms with E-state index in [4.69, 9.17) is 27.9 Å². The molecule has 0 radical (unpaired) electrons. The maximum atomic E-state index is 12.3. The Morgan fingerprint density at radius 3 is 2.59 bits per heavy atom. The van der Waals surface area contributed by atoms with Gasteiger partial charge in [-0.2, -0.15) is 0 Å². The molecule has 0 bridgehead atoms. The normalized spacial score (nSPS) is 10.9. The van der Waals surface area contributed by atoms with Gasteiger partial charge < -0.3 is 10.1 Å². The molecule has 168 valence electrons. The summed E-state index contributed by atoms with van der Waals surface area (Å²) in [5.41, 5.74) is 1.83. The van der Waals surface area contributed by atoms with E-state index in [2.05, 4.69) is 48.1 Å². The Kier molecular flexibility index (Phi) is 8.61. The number of rotatable bonds is 10. The van der Waals surface area contributed by atoms with Crippen LogP contribution < -0.4 is 10.1 Å². The van der Waals surface area contributed by atoms with E-state index < -0.39 is 0 Å². The standard InChI is InChI=1S/C23H24Cl2N4O2S/c1-4-11-29-21(13-31-18-8-5-16(6-9-18)15(2)3)27-28-23(29)32-14-22(30)26-17-7-10-19(24)20(25)12-17/h4-10,12,15H,1,11,13-14H2,2-3H3,(H,26,30). The molecule has 0 aliphatic heterocycles. The van der Waals surface area contributed by atoms with Crippen molar-refractivity contribution in [1.29, 1.82) is 0 Å². The summed E-state index contributed by atoms with van der Waals surface area (Å²) in [5, 5.41) is 12.7. The summed E-state index contributed by atoms with van der Waals surface area (Å²) in [6.07, 6.45) is 1.75. The summed E-state index contributed by atoms with van der Waals surface area (Å²) < 4.78 is 7.76. The number of benzene rings is 2. The van der Waals surface area contributed by atoms with Crippen molar-refractivity contribution in [3.05, 3.63) is 76.6 Å². The van der Waals surface area contributed by atoms with Gasteiger partial charge in [-0.3, -0.25) is 9.36 Å². The molecule has 1 N–H and O–H groups in total. The van der Waals surface area contributed by atoms with Crippen LogP contribution in [-0.2, 0) is 17.9 Å². The summed E-state index contributed by atoms with van der Waals surface area (Å²) in [6, 6.07) is 13.0. The van der Waals surface area contributed by atoms with Crippen LogP contribution in [0.3, 0.4) is 0 Å². The fraction of sp³-hybridized carbons (Fsp3) is 0.261. The van der Waals surface area contributed by atoms with Gasteiger partial charge in [0.1, 0.15) is 12.4 Å². The molecular weight excluding hydrogens is 467 g/mol. The molecule has 0 saturated heterocycles. The Morgan fingerprint density at radius 1 is 1.19 bits per heavy atom. The van der Waals surface area contributed by atoms with E-state index in [1.54, 1.807) is 24.3 Å². The topological polar surface area (TPSA) is 69.0 Å². The zero-order valence-electron chi connectivity index (χ0n) is 17.8. The van der Waals surface area contributed by atoms with E-state index in [9.17, 15) is 4.79 Å². The number of carbonyl (C=O) groups excluding carboxylic acids is 1. The van der Waals surface area contributed by atoms with E-state index in [0.29, 0.717) is 39.2 Å². The van der Waals surface area contributed by atoms with Crippen LogP contribution in [0, 0.1) is 0 Å².